The second-order valence-corrected chi connectivity index (χ2v) is 5.95. The monoisotopic (exact) mass is 395 g/mol. The molecule has 6 nitrogen and oxygen atoms in total. The highest BCUT2D eigenvalue weighted by atomic mass is 35.5. The van der Waals surface area contributed by atoms with E-state index in [1.807, 2.05) is 6.07 Å². The molecular weight excluding hydrogens is 383 g/mol. The van der Waals surface area contributed by atoms with Gasteiger partial charge in [-0.15, -0.1) is 5.10 Å². The first-order valence-electron chi connectivity index (χ1n) is 7.69. The largest absolute Gasteiger partial charge is 0.418 e. The van der Waals surface area contributed by atoms with Crippen LogP contribution in [0.25, 0.3) is 0 Å². The van der Waals surface area contributed by atoms with E-state index in [0.717, 1.165) is 17.7 Å². The maximum absolute atomic E-state index is 13.0. The average molecular weight is 396 g/mol. The molecule has 0 aliphatic carbocycles. The second kappa shape index (κ2) is 7.67. The summed E-state index contributed by atoms with van der Waals surface area (Å²) in [5, 5.41) is 9.09. The number of para-hydroxylation sites is 1. The summed E-state index contributed by atoms with van der Waals surface area (Å²) < 4.78 is 40.3. The number of halogens is 4. The number of rotatable bonds is 4. The molecule has 0 saturated heterocycles. The van der Waals surface area contributed by atoms with Gasteiger partial charge in [-0.3, -0.25) is 5.32 Å². The molecule has 3 rings (SSSR count). The van der Waals surface area contributed by atoms with Crippen LogP contribution in [0.15, 0.2) is 54.9 Å². The zero-order chi connectivity index (χ0) is 19.4. The van der Waals surface area contributed by atoms with Gasteiger partial charge in [0.1, 0.15) is 6.33 Å². The summed E-state index contributed by atoms with van der Waals surface area (Å²) in [5.74, 6) is -0.0426. The fourth-order valence-electron chi connectivity index (χ4n) is 2.34. The molecule has 0 bridgehead atoms. The van der Waals surface area contributed by atoms with Crippen molar-refractivity contribution in [3.63, 3.8) is 0 Å². The van der Waals surface area contributed by atoms with E-state index in [9.17, 15) is 18.0 Å². The van der Waals surface area contributed by atoms with E-state index in [1.165, 1.54) is 23.1 Å². The van der Waals surface area contributed by atoms with Crippen molar-refractivity contribution in [2.75, 3.05) is 10.6 Å². The molecule has 0 fully saturated rings. The van der Waals surface area contributed by atoms with Gasteiger partial charge in [0.25, 0.3) is 0 Å². The lowest BCUT2D eigenvalue weighted by molar-refractivity contribution is -0.136. The summed E-state index contributed by atoms with van der Waals surface area (Å²) in [7, 11) is 0. The van der Waals surface area contributed by atoms with Gasteiger partial charge in [-0.25, -0.2) is 14.5 Å². The van der Waals surface area contributed by atoms with E-state index in [4.69, 9.17) is 11.6 Å². The number of nitrogens with one attached hydrogen (secondary N) is 2. The number of carbonyl (C=O) groups excluding carboxylic acids is 1. The molecule has 1 heterocycles. The fourth-order valence-corrected chi connectivity index (χ4v) is 2.56. The Morgan fingerprint density at radius 3 is 2.63 bits per heavy atom. The number of amides is 2. The van der Waals surface area contributed by atoms with Crippen molar-refractivity contribution >= 4 is 29.3 Å². The van der Waals surface area contributed by atoms with E-state index in [-0.39, 0.29) is 11.6 Å². The third-order valence-corrected chi connectivity index (χ3v) is 3.71. The third-order valence-electron chi connectivity index (χ3n) is 3.48. The normalized spacial score (nSPS) is 11.3. The molecule has 2 N–H and O–H groups in total. The summed E-state index contributed by atoms with van der Waals surface area (Å²) in [4.78, 5) is 15.9. The van der Waals surface area contributed by atoms with Gasteiger partial charge in [0.2, 0.25) is 5.95 Å². The summed E-state index contributed by atoms with van der Waals surface area (Å²) in [6, 6.07) is 10.9. The van der Waals surface area contributed by atoms with E-state index >= 15 is 0 Å². The Balaban J connectivity index is 1.65. The lowest BCUT2D eigenvalue weighted by atomic mass is 10.1. The van der Waals surface area contributed by atoms with E-state index in [0.29, 0.717) is 11.6 Å². The van der Waals surface area contributed by atoms with Crippen molar-refractivity contribution in [3.05, 3.63) is 71.0 Å². The predicted molar refractivity (Wildman–Crippen MR) is 94.7 cm³/mol. The van der Waals surface area contributed by atoms with Gasteiger partial charge >= 0.3 is 12.2 Å². The van der Waals surface area contributed by atoms with E-state index in [1.54, 1.807) is 18.2 Å². The Labute approximate surface area is 157 Å². The van der Waals surface area contributed by atoms with E-state index in [2.05, 4.69) is 20.7 Å². The molecule has 3 aromatic rings. The predicted octanol–water partition coefficient (Wildman–Crippen LogP) is 4.64. The molecule has 27 heavy (non-hydrogen) atoms. The minimum absolute atomic E-state index is 0.0426. The minimum atomic E-state index is -4.58. The maximum atomic E-state index is 13.0. The molecule has 0 aliphatic heterocycles. The van der Waals surface area contributed by atoms with Gasteiger partial charge in [-0.1, -0.05) is 35.9 Å². The standard InChI is InChI=1S/C17H13ClF3N5O/c18-12-5-3-4-11(8-12)9-26-10-22-15(25-26)24-16(27)23-14-7-2-1-6-13(14)17(19,20)21/h1-8,10H,9H2,(H2,23,24,25,27). The number of anilines is 2. The van der Waals surface area contributed by atoms with Crippen LogP contribution in [0.1, 0.15) is 11.1 Å². The van der Waals surface area contributed by atoms with Crippen molar-refractivity contribution in [2.24, 2.45) is 0 Å². The van der Waals surface area contributed by atoms with Crippen LogP contribution in [-0.2, 0) is 12.7 Å². The average Bonchev–Trinajstić information content (AvgIpc) is 3.01. The number of carbonyl (C=O) groups is 1. The molecule has 0 unspecified atom stereocenters. The topological polar surface area (TPSA) is 71.8 Å². The number of alkyl halides is 3. The van der Waals surface area contributed by atoms with Crippen LogP contribution in [-0.4, -0.2) is 20.8 Å². The molecule has 0 spiro atoms. The Morgan fingerprint density at radius 1 is 1.11 bits per heavy atom. The molecular formula is C17H13ClF3N5O. The molecule has 0 atom stereocenters. The van der Waals surface area contributed by atoms with Crippen LogP contribution in [0, 0.1) is 0 Å². The van der Waals surface area contributed by atoms with Crippen LogP contribution in [0.3, 0.4) is 0 Å². The van der Waals surface area contributed by atoms with Gasteiger partial charge in [0.05, 0.1) is 17.8 Å². The van der Waals surface area contributed by atoms with Crippen molar-refractivity contribution in [2.45, 2.75) is 12.7 Å². The Bertz CT molecular complexity index is 957. The number of hydrogen-bond acceptors (Lipinski definition) is 3. The number of aromatic nitrogens is 3. The first-order valence-corrected chi connectivity index (χ1v) is 8.07. The molecule has 10 heteroatoms. The Hall–Kier alpha value is -3.07. The number of nitrogens with zero attached hydrogens (tertiary/aromatic N) is 3. The lowest BCUT2D eigenvalue weighted by Gasteiger charge is -2.13. The molecule has 2 aromatic carbocycles. The van der Waals surface area contributed by atoms with Crippen LogP contribution in [0.4, 0.5) is 29.6 Å². The van der Waals surface area contributed by atoms with Crippen molar-refractivity contribution in [3.8, 4) is 0 Å². The molecule has 0 radical (unpaired) electrons. The van der Waals surface area contributed by atoms with Crippen molar-refractivity contribution in [1.29, 1.82) is 0 Å². The van der Waals surface area contributed by atoms with Crippen LogP contribution < -0.4 is 10.6 Å². The summed E-state index contributed by atoms with van der Waals surface area (Å²) in [6.45, 7) is 0.369. The van der Waals surface area contributed by atoms with Gasteiger partial charge < -0.3 is 5.32 Å². The lowest BCUT2D eigenvalue weighted by Crippen LogP contribution is -2.22. The Morgan fingerprint density at radius 2 is 1.89 bits per heavy atom. The highest BCUT2D eigenvalue weighted by Gasteiger charge is 2.33. The first-order chi connectivity index (χ1) is 12.8. The molecule has 1 aromatic heterocycles. The first kappa shape index (κ1) is 18.7. The quantitative estimate of drug-likeness (QED) is 0.675. The summed E-state index contributed by atoms with van der Waals surface area (Å²) in [5.41, 5.74) is -0.428. The second-order valence-electron chi connectivity index (χ2n) is 5.52. The van der Waals surface area contributed by atoms with Gasteiger partial charge in [0, 0.05) is 5.02 Å². The maximum Gasteiger partial charge on any atom is 0.418 e. The van der Waals surface area contributed by atoms with Crippen LogP contribution in [0.2, 0.25) is 5.02 Å². The highest BCUT2D eigenvalue weighted by Crippen LogP contribution is 2.34. The van der Waals surface area contributed by atoms with Gasteiger partial charge in [-0.05, 0) is 29.8 Å². The Kier molecular flexibility index (Phi) is 5.31. The number of benzene rings is 2. The third kappa shape index (κ3) is 4.98. The fraction of sp³-hybridized carbons (Fsp3) is 0.118. The molecule has 0 aliphatic rings. The molecule has 2 amide bonds. The summed E-state index contributed by atoms with van der Waals surface area (Å²) >= 11 is 5.92. The van der Waals surface area contributed by atoms with E-state index < -0.39 is 17.8 Å². The number of urea groups is 1. The SMILES string of the molecule is O=C(Nc1ncn(Cc2cccc(Cl)c2)n1)Nc1ccccc1C(F)(F)F. The van der Waals surface area contributed by atoms with Gasteiger partial charge in [-0.2, -0.15) is 13.2 Å². The molecule has 0 saturated carbocycles. The van der Waals surface area contributed by atoms with Gasteiger partial charge in [0.15, 0.2) is 0 Å². The molecule has 140 valence electrons. The van der Waals surface area contributed by atoms with Crippen LogP contribution >= 0.6 is 11.6 Å². The van der Waals surface area contributed by atoms with Crippen LogP contribution in [0.5, 0.6) is 0 Å². The zero-order valence-electron chi connectivity index (χ0n) is 13.7. The van der Waals surface area contributed by atoms with Crippen molar-refractivity contribution < 1.29 is 18.0 Å². The van der Waals surface area contributed by atoms with Crippen molar-refractivity contribution in [1.82, 2.24) is 14.8 Å². The number of hydrogen-bond donors (Lipinski definition) is 2. The smallest absolute Gasteiger partial charge is 0.307 e. The minimum Gasteiger partial charge on any atom is -0.307 e. The summed E-state index contributed by atoms with van der Waals surface area (Å²) in [6.07, 6.45) is -3.19. The zero-order valence-corrected chi connectivity index (χ0v) is 14.4. The highest BCUT2D eigenvalue weighted by molar-refractivity contribution is 6.30.